The third-order valence-corrected chi connectivity index (χ3v) is 1.47. The molecule has 0 atom stereocenters. The normalized spacial score (nSPS) is 15.7. The van der Waals surface area contributed by atoms with Crippen LogP contribution in [0, 0.1) is 5.92 Å². The second-order valence-corrected chi connectivity index (χ2v) is 2.50. The molecule has 0 aromatic carbocycles. The topological polar surface area (TPSA) is 0 Å². The predicted molar refractivity (Wildman–Crippen MR) is 43.8 cm³/mol. The molecule has 0 saturated carbocycles. The summed E-state index contributed by atoms with van der Waals surface area (Å²) < 4.78 is 0. The van der Waals surface area contributed by atoms with Crippen molar-refractivity contribution < 1.29 is 0 Å². The van der Waals surface area contributed by atoms with Crippen LogP contribution < -0.4 is 0 Å². The van der Waals surface area contributed by atoms with Gasteiger partial charge in [0.1, 0.15) is 0 Å². The Morgan fingerprint density at radius 3 is 2.33 bits per heavy atom. The first kappa shape index (κ1) is 9.08. The van der Waals surface area contributed by atoms with Gasteiger partial charge >= 0.3 is 18.9 Å². The summed E-state index contributed by atoms with van der Waals surface area (Å²) in [5.74, 6) is 0.716. The van der Waals surface area contributed by atoms with Crippen molar-refractivity contribution in [2.24, 2.45) is 5.92 Å². The number of hydrogen-bond acceptors (Lipinski definition) is 0. The molecular weight excluding hydrogens is 103 g/mol. The van der Waals surface area contributed by atoms with Gasteiger partial charge in [-0.3, -0.25) is 0 Å². The van der Waals surface area contributed by atoms with Gasteiger partial charge in [0.05, 0.1) is 0 Å². The van der Waals surface area contributed by atoms with Crippen LogP contribution in [0.5, 0.6) is 0 Å². The molecule has 0 aromatic rings. The van der Waals surface area contributed by atoms with E-state index in [1.165, 1.54) is 5.57 Å². The van der Waals surface area contributed by atoms with Crippen molar-refractivity contribution in [3.05, 3.63) is 23.8 Å². The summed E-state index contributed by atoms with van der Waals surface area (Å²) in [7, 11) is 0. The molecule has 0 saturated heterocycles. The monoisotopic (exact) mass is 116 g/mol. The summed E-state index contributed by atoms with van der Waals surface area (Å²) in [4.78, 5) is 0. The zero-order chi connectivity index (χ0) is 5.98. The van der Waals surface area contributed by atoms with Gasteiger partial charge in [0.15, 0.2) is 0 Å². The third-order valence-electron chi connectivity index (χ3n) is 1.47. The van der Waals surface area contributed by atoms with Crippen LogP contribution in [0.3, 0.4) is 0 Å². The van der Waals surface area contributed by atoms with Crippen LogP contribution >= 0.6 is 0 Å². The maximum absolute atomic E-state index is 2.28. The summed E-state index contributed by atoms with van der Waals surface area (Å²) >= 11 is 0. The molecule has 46 valence electrons. The van der Waals surface area contributed by atoms with E-state index in [-0.39, 0.29) is 18.9 Å². The van der Waals surface area contributed by atoms with Gasteiger partial charge in [-0.2, -0.15) is 0 Å². The van der Waals surface area contributed by atoms with Crippen molar-refractivity contribution in [3.8, 4) is 0 Å². The molecular formula is C8H13Li. The molecule has 0 spiro atoms. The van der Waals surface area contributed by atoms with E-state index < -0.39 is 0 Å². The van der Waals surface area contributed by atoms with Crippen LogP contribution in [-0.2, 0) is 0 Å². The summed E-state index contributed by atoms with van der Waals surface area (Å²) in [6.45, 7) is 4.45. The van der Waals surface area contributed by atoms with Gasteiger partial charge in [-0.1, -0.05) is 32.1 Å². The molecule has 1 aliphatic rings. The summed E-state index contributed by atoms with van der Waals surface area (Å²) in [5, 5.41) is 0. The van der Waals surface area contributed by atoms with E-state index in [9.17, 15) is 0 Å². The molecule has 0 nitrogen and oxygen atoms in total. The Bertz CT molecular complexity index is 132. The SMILES string of the molecule is CC(C)C1=CCC=C1.[LiH]. The molecule has 0 heterocycles. The number of rotatable bonds is 1. The molecule has 0 radical (unpaired) electrons. The molecule has 0 aromatic heterocycles. The van der Waals surface area contributed by atoms with Gasteiger partial charge in [0, 0.05) is 0 Å². The van der Waals surface area contributed by atoms with Crippen LogP contribution in [0.15, 0.2) is 23.8 Å². The maximum atomic E-state index is 2.28. The fourth-order valence-electron chi connectivity index (χ4n) is 0.904. The van der Waals surface area contributed by atoms with Gasteiger partial charge in [-0.15, -0.1) is 0 Å². The van der Waals surface area contributed by atoms with E-state index in [0.717, 1.165) is 6.42 Å². The van der Waals surface area contributed by atoms with Gasteiger partial charge in [0.2, 0.25) is 0 Å². The van der Waals surface area contributed by atoms with Crippen molar-refractivity contribution in [2.75, 3.05) is 0 Å². The average molecular weight is 116 g/mol. The van der Waals surface area contributed by atoms with E-state index >= 15 is 0 Å². The van der Waals surface area contributed by atoms with E-state index in [1.807, 2.05) is 0 Å². The Kier molecular flexibility index (Phi) is 4.02. The van der Waals surface area contributed by atoms with Crippen LogP contribution in [0.2, 0.25) is 0 Å². The standard InChI is InChI=1S/C8H12.Li.H/c1-7(2)8-5-3-4-6-8;;/h3,5-7H,4H2,1-2H3;;. The fourth-order valence-corrected chi connectivity index (χ4v) is 0.904. The Labute approximate surface area is 69.2 Å². The minimum atomic E-state index is 0. The first-order valence-corrected chi connectivity index (χ1v) is 3.17. The Hall–Kier alpha value is 0.0774. The summed E-state index contributed by atoms with van der Waals surface area (Å²) in [6, 6.07) is 0. The van der Waals surface area contributed by atoms with E-state index in [1.54, 1.807) is 0 Å². The quantitative estimate of drug-likeness (QED) is 0.459. The molecule has 0 fully saturated rings. The van der Waals surface area contributed by atoms with E-state index in [0.29, 0.717) is 5.92 Å². The van der Waals surface area contributed by atoms with Crippen molar-refractivity contribution in [2.45, 2.75) is 20.3 Å². The summed E-state index contributed by atoms with van der Waals surface area (Å²) in [6.07, 6.45) is 7.85. The molecule has 0 amide bonds. The van der Waals surface area contributed by atoms with Crippen LogP contribution in [0.1, 0.15) is 20.3 Å². The first-order chi connectivity index (χ1) is 3.80. The molecule has 1 aliphatic carbocycles. The van der Waals surface area contributed by atoms with E-state index in [2.05, 4.69) is 32.1 Å². The van der Waals surface area contributed by atoms with Crippen molar-refractivity contribution in [1.29, 1.82) is 0 Å². The second-order valence-electron chi connectivity index (χ2n) is 2.50. The molecule has 0 unspecified atom stereocenters. The zero-order valence-corrected chi connectivity index (χ0v) is 5.52. The fraction of sp³-hybridized carbons (Fsp3) is 0.500. The zero-order valence-electron chi connectivity index (χ0n) is 5.52. The van der Waals surface area contributed by atoms with Crippen molar-refractivity contribution in [1.82, 2.24) is 0 Å². The Morgan fingerprint density at radius 1 is 1.44 bits per heavy atom. The van der Waals surface area contributed by atoms with Gasteiger partial charge in [0.25, 0.3) is 0 Å². The van der Waals surface area contributed by atoms with Crippen molar-refractivity contribution >= 4 is 18.9 Å². The predicted octanol–water partition coefficient (Wildman–Crippen LogP) is 1.88. The molecule has 0 aliphatic heterocycles. The first-order valence-electron chi connectivity index (χ1n) is 3.17. The van der Waals surface area contributed by atoms with E-state index in [4.69, 9.17) is 0 Å². The molecule has 0 bridgehead atoms. The molecule has 9 heavy (non-hydrogen) atoms. The minimum absolute atomic E-state index is 0. The van der Waals surface area contributed by atoms with Gasteiger partial charge < -0.3 is 0 Å². The average Bonchev–Trinajstić information content (AvgIpc) is 2.12. The number of allylic oxidation sites excluding steroid dienone is 4. The molecule has 0 N–H and O–H groups in total. The Morgan fingerprint density at radius 2 is 2.11 bits per heavy atom. The van der Waals surface area contributed by atoms with Crippen LogP contribution in [0.25, 0.3) is 0 Å². The van der Waals surface area contributed by atoms with Gasteiger partial charge in [-0.05, 0) is 17.9 Å². The molecule has 1 rings (SSSR count). The second kappa shape index (κ2) is 3.98. The van der Waals surface area contributed by atoms with Crippen LogP contribution in [0.4, 0.5) is 0 Å². The third kappa shape index (κ3) is 2.43. The Balaban J connectivity index is 0.000000640. The van der Waals surface area contributed by atoms with Crippen molar-refractivity contribution in [3.63, 3.8) is 0 Å². The van der Waals surface area contributed by atoms with Gasteiger partial charge in [-0.25, -0.2) is 0 Å². The molecule has 1 heteroatoms. The summed E-state index contributed by atoms with van der Waals surface area (Å²) in [5.41, 5.74) is 1.49. The number of hydrogen-bond donors (Lipinski definition) is 0. The van der Waals surface area contributed by atoms with Crippen LogP contribution in [-0.4, -0.2) is 18.9 Å².